The van der Waals surface area contributed by atoms with Crippen LogP contribution in [-0.2, 0) is 4.79 Å². The summed E-state index contributed by atoms with van der Waals surface area (Å²) < 4.78 is 0. The second kappa shape index (κ2) is 6.00. The summed E-state index contributed by atoms with van der Waals surface area (Å²) in [6, 6.07) is 0.465. The van der Waals surface area contributed by atoms with E-state index in [-0.39, 0.29) is 12.5 Å². The molecular weight excluding hydrogens is 210 g/mol. The summed E-state index contributed by atoms with van der Waals surface area (Å²) in [5.74, 6) is 1.52. The van der Waals surface area contributed by atoms with Gasteiger partial charge < -0.3 is 10.6 Å². The van der Waals surface area contributed by atoms with E-state index in [2.05, 4.69) is 36.4 Å². The molecule has 0 bridgehead atoms. The Labute approximate surface area is 95.3 Å². The van der Waals surface area contributed by atoms with Gasteiger partial charge in [0.15, 0.2) is 5.17 Å². The van der Waals surface area contributed by atoms with E-state index in [1.807, 2.05) is 0 Å². The zero-order valence-electron chi connectivity index (χ0n) is 9.54. The lowest BCUT2D eigenvalue weighted by Crippen LogP contribution is -2.30. The average molecular weight is 229 g/mol. The molecular formula is C10H19N3OS. The molecule has 0 aromatic carbocycles. The number of nitrogens with zero attached hydrogens (tertiary/aromatic N) is 1. The number of hydrogen-bond donors (Lipinski definition) is 2. The number of aliphatic imine (C=N–C) groups is 1. The summed E-state index contributed by atoms with van der Waals surface area (Å²) in [6.45, 7) is 7.20. The Kier molecular flexibility index (Phi) is 4.94. The summed E-state index contributed by atoms with van der Waals surface area (Å²) in [4.78, 5) is 15.5. The molecule has 1 heterocycles. The number of thioether (sulfide) groups is 1. The Hall–Kier alpha value is -0.710. The maximum absolute atomic E-state index is 11.3. The van der Waals surface area contributed by atoms with Crippen molar-refractivity contribution in [2.45, 2.75) is 26.8 Å². The zero-order chi connectivity index (χ0) is 11.3. The fourth-order valence-electron chi connectivity index (χ4n) is 1.11. The smallest absolute Gasteiger partial charge is 0.241 e. The van der Waals surface area contributed by atoms with E-state index >= 15 is 0 Å². The molecule has 86 valence electrons. The number of carbonyl (C=O) groups excluding carboxylic acids is 1. The van der Waals surface area contributed by atoms with E-state index < -0.39 is 0 Å². The highest BCUT2D eigenvalue weighted by molar-refractivity contribution is 8.14. The first-order valence-corrected chi connectivity index (χ1v) is 6.27. The van der Waals surface area contributed by atoms with Gasteiger partial charge in [-0.3, -0.25) is 9.79 Å². The third-order valence-electron chi connectivity index (χ3n) is 1.91. The van der Waals surface area contributed by atoms with Crippen LogP contribution in [0.3, 0.4) is 0 Å². The van der Waals surface area contributed by atoms with Crippen LogP contribution in [0.4, 0.5) is 0 Å². The molecule has 1 aliphatic heterocycles. The summed E-state index contributed by atoms with van der Waals surface area (Å²) in [7, 11) is 0. The zero-order valence-corrected chi connectivity index (χ0v) is 10.4. The molecule has 4 nitrogen and oxygen atoms in total. The Balaban J connectivity index is 2.21. The minimum absolute atomic E-state index is 0.00171. The van der Waals surface area contributed by atoms with Crippen LogP contribution < -0.4 is 10.6 Å². The first-order valence-electron chi connectivity index (χ1n) is 5.28. The number of rotatable bonds is 4. The molecule has 0 aliphatic carbocycles. The number of nitrogens with one attached hydrogen (secondary N) is 2. The second-order valence-corrected chi connectivity index (χ2v) is 5.18. The van der Waals surface area contributed by atoms with Crippen molar-refractivity contribution in [3.8, 4) is 0 Å². The highest BCUT2D eigenvalue weighted by atomic mass is 32.2. The quantitative estimate of drug-likeness (QED) is 0.751. The number of amides is 1. The Bertz CT molecular complexity index is 253. The standard InChI is InChI=1S/C10H19N3OS/c1-7(2)4-11-9(14)5-12-10-13-8(3)6-15-10/h7-8H,4-6H2,1-3H3,(H,11,14)(H,12,13). The van der Waals surface area contributed by atoms with Crippen LogP contribution in [0.1, 0.15) is 20.8 Å². The van der Waals surface area contributed by atoms with Crippen LogP contribution >= 0.6 is 11.8 Å². The van der Waals surface area contributed by atoms with E-state index in [0.29, 0.717) is 12.0 Å². The normalized spacial score (nSPS) is 23.2. The predicted octanol–water partition coefficient (Wildman–Crippen LogP) is 0.840. The van der Waals surface area contributed by atoms with Gasteiger partial charge in [0.05, 0.1) is 0 Å². The molecule has 2 N–H and O–H groups in total. The molecule has 5 heteroatoms. The number of carbonyl (C=O) groups is 1. The Morgan fingerprint density at radius 1 is 1.73 bits per heavy atom. The van der Waals surface area contributed by atoms with E-state index in [4.69, 9.17) is 0 Å². The lowest BCUT2D eigenvalue weighted by molar-refractivity contribution is -0.119. The molecule has 1 unspecified atom stereocenters. The Morgan fingerprint density at radius 3 is 3.00 bits per heavy atom. The average Bonchev–Trinajstić information content (AvgIpc) is 2.58. The highest BCUT2D eigenvalue weighted by Crippen LogP contribution is 2.12. The predicted molar refractivity (Wildman–Crippen MR) is 65.2 cm³/mol. The molecule has 1 fully saturated rings. The lowest BCUT2D eigenvalue weighted by atomic mass is 10.2. The van der Waals surface area contributed by atoms with Gasteiger partial charge in [-0.05, 0) is 12.8 Å². The monoisotopic (exact) mass is 229 g/mol. The first kappa shape index (κ1) is 12.4. The van der Waals surface area contributed by atoms with Crippen molar-refractivity contribution in [1.82, 2.24) is 10.6 Å². The van der Waals surface area contributed by atoms with Crippen LogP contribution in [0, 0.1) is 5.92 Å². The van der Waals surface area contributed by atoms with Gasteiger partial charge in [-0.15, -0.1) is 0 Å². The van der Waals surface area contributed by atoms with Gasteiger partial charge in [0.2, 0.25) is 5.91 Å². The summed E-state index contributed by atoms with van der Waals surface area (Å²) in [5, 5.41) is 6.93. The van der Waals surface area contributed by atoms with Crippen LogP contribution in [0.15, 0.2) is 4.99 Å². The van der Waals surface area contributed by atoms with Crippen LogP contribution in [0.5, 0.6) is 0 Å². The van der Waals surface area contributed by atoms with Gasteiger partial charge in [-0.25, -0.2) is 0 Å². The molecule has 1 saturated heterocycles. The van der Waals surface area contributed by atoms with Gasteiger partial charge in [-0.2, -0.15) is 0 Å². The molecule has 1 aliphatic rings. The minimum Gasteiger partial charge on any atom is -0.362 e. The molecule has 0 saturated carbocycles. The molecule has 15 heavy (non-hydrogen) atoms. The van der Waals surface area contributed by atoms with Gasteiger partial charge in [0, 0.05) is 18.3 Å². The molecule has 0 aromatic rings. The lowest BCUT2D eigenvalue weighted by Gasteiger charge is -2.06. The fourth-order valence-corrected chi connectivity index (χ4v) is 2.04. The summed E-state index contributed by atoms with van der Waals surface area (Å²) >= 11 is 1.68. The van der Waals surface area contributed by atoms with Crippen molar-refractivity contribution in [2.75, 3.05) is 18.8 Å². The van der Waals surface area contributed by atoms with E-state index in [1.54, 1.807) is 11.8 Å². The van der Waals surface area contributed by atoms with E-state index in [9.17, 15) is 4.79 Å². The van der Waals surface area contributed by atoms with Gasteiger partial charge in [0.25, 0.3) is 0 Å². The molecule has 1 amide bonds. The first-order chi connectivity index (χ1) is 7.08. The van der Waals surface area contributed by atoms with E-state index in [0.717, 1.165) is 17.5 Å². The maximum atomic E-state index is 11.3. The summed E-state index contributed by atoms with van der Waals surface area (Å²) in [5.41, 5.74) is 0. The van der Waals surface area contributed by atoms with Crippen LogP contribution in [0.2, 0.25) is 0 Å². The van der Waals surface area contributed by atoms with E-state index in [1.165, 1.54) is 0 Å². The van der Waals surface area contributed by atoms with Crippen molar-refractivity contribution in [3.63, 3.8) is 0 Å². The second-order valence-electron chi connectivity index (χ2n) is 4.18. The van der Waals surface area contributed by atoms with Crippen molar-refractivity contribution < 1.29 is 4.79 Å². The SMILES string of the molecule is CC(C)CNC(=O)CN=C1NC(C)CS1. The molecule has 1 rings (SSSR count). The number of hydrogen-bond acceptors (Lipinski definition) is 3. The van der Waals surface area contributed by atoms with Gasteiger partial charge in [0.1, 0.15) is 6.54 Å². The maximum Gasteiger partial charge on any atom is 0.241 e. The summed E-state index contributed by atoms with van der Waals surface area (Å²) in [6.07, 6.45) is 0. The molecule has 0 spiro atoms. The van der Waals surface area contributed by atoms with Gasteiger partial charge in [-0.1, -0.05) is 25.6 Å². The minimum atomic E-state index is -0.00171. The largest absolute Gasteiger partial charge is 0.362 e. The van der Waals surface area contributed by atoms with Crippen molar-refractivity contribution in [1.29, 1.82) is 0 Å². The van der Waals surface area contributed by atoms with Crippen molar-refractivity contribution in [3.05, 3.63) is 0 Å². The van der Waals surface area contributed by atoms with Crippen LogP contribution in [0.25, 0.3) is 0 Å². The Morgan fingerprint density at radius 2 is 2.47 bits per heavy atom. The molecule has 0 aromatic heterocycles. The fraction of sp³-hybridized carbons (Fsp3) is 0.800. The third kappa shape index (κ3) is 5.06. The van der Waals surface area contributed by atoms with Crippen molar-refractivity contribution in [2.24, 2.45) is 10.9 Å². The van der Waals surface area contributed by atoms with Gasteiger partial charge >= 0.3 is 0 Å². The topological polar surface area (TPSA) is 53.5 Å². The van der Waals surface area contributed by atoms with Crippen LogP contribution in [-0.4, -0.2) is 36.0 Å². The number of amidine groups is 1. The third-order valence-corrected chi connectivity index (χ3v) is 3.10. The van der Waals surface area contributed by atoms with Crippen molar-refractivity contribution >= 4 is 22.8 Å². The highest BCUT2D eigenvalue weighted by Gasteiger charge is 2.15. The molecule has 1 atom stereocenters. The molecule has 0 radical (unpaired) electrons.